The first-order chi connectivity index (χ1) is 16.2. The zero-order valence-electron chi connectivity index (χ0n) is 18.2. The van der Waals surface area contributed by atoms with E-state index in [1.54, 1.807) is 6.92 Å². The third-order valence-electron chi connectivity index (χ3n) is 5.23. The number of hydrogen-bond donors (Lipinski definition) is 1. The van der Waals surface area contributed by atoms with Crippen molar-refractivity contribution in [3.05, 3.63) is 83.9 Å². The topological polar surface area (TPSA) is 84.9 Å². The van der Waals surface area contributed by atoms with Gasteiger partial charge in [0.1, 0.15) is 31.4 Å². The molecule has 0 aliphatic carbocycles. The van der Waals surface area contributed by atoms with E-state index in [1.807, 2.05) is 0 Å². The van der Waals surface area contributed by atoms with Crippen LogP contribution >= 0.6 is 0 Å². The van der Waals surface area contributed by atoms with Gasteiger partial charge in [0, 0.05) is 6.07 Å². The lowest BCUT2D eigenvalue weighted by molar-refractivity contribution is -0.120. The number of benzene rings is 3. The maximum atomic E-state index is 14.0. The molecule has 0 radical (unpaired) electrons. The van der Waals surface area contributed by atoms with E-state index in [0.29, 0.717) is 17.9 Å². The summed E-state index contributed by atoms with van der Waals surface area (Å²) < 4.78 is 66.0. The van der Waals surface area contributed by atoms with Gasteiger partial charge in [-0.3, -0.25) is 9.10 Å². The molecular weight excluding hydrogens is 466 g/mol. The number of amides is 1. The molecule has 1 aliphatic heterocycles. The average molecular weight is 489 g/mol. The standard InChI is InChI=1S/C24H22F2N2O5S/c1-16(17-5-7-18(25)8-6-17)27-24(29)15-28(20-4-2-3-19(26)13-20)34(30,31)21-9-10-22-23(14-21)33-12-11-32-22/h2-10,13-14,16H,11-12,15H2,1H3,(H,27,29). The van der Waals surface area contributed by atoms with E-state index in [0.717, 1.165) is 10.4 Å². The second kappa shape index (κ2) is 9.68. The van der Waals surface area contributed by atoms with Crippen molar-refractivity contribution in [3.8, 4) is 11.5 Å². The highest BCUT2D eigenvalue weighted by Gasteiger charge is 2.29. The second-order valence-electron chi connectivity index (χ2n) is 7.64. The van der Waals surface area contributed by atoms with Crippen molar-refractivity contribution in [3.63, 3.8) is 0 Å². The smallest absolute Gasteiger partial charge is 0.264 e. The summed E-state index contributed by atoms with van der Waals surface area (Å²) in [6, 6.07) is 14.2. The van der Waals surface area contributed by atoms with Crippen LogP contribution in [0.5, 0.6) is 11.5 Å². The Bertz CT molecular complexity index is 1300. The Morgan fingerprint density at radius 1 is 0.971 bits per heavy atom. The van der Waals surface area contributed by atoms with Crippen LogP contribution in [0.15, 0.2) is 71.6 Å². The Labute approximate surface area is 196 Å². The van der Waals surface area contributed by atoms with Crippen LogP contribution in [0, 0.1) is 11.6 Å². The van der Waals surface area contributed by atoms with Crippen LogP contribution < -0.4 is 19.1 Å². The Morgan fingerprint density at radius 3 is 2.38 bits per heavy atom. The van der Waals surface area contributed by atoms with Crippen LogP contribution in [0.2, 0.25) is 0 Å². The van der Waals surface area contributed by atoms with Crippen molar-refractivity contribution in [2.24, 2.45) is 0 Å². The Balaban J connectivity index is 1.63. The Morgan fingerprint density at radius 2 is 1.68 bits per heavy atom. The lowest BCUT2D eigenvalue weighted by Gasteiger charge is -2.26. The summed E-state index contributed by atoms with van der Waals surface area (Å²) in [5.41, 5.74) is 0.626. The SMILES string of the molecule is CC(NC(=O)CN(c1cccc(F)c1)S(=O)(=O)c1ccc2c(c1)OCCO2)c1ccc(F)cc1. The van der Waals surface area contributed by atoms with Crippen molar-refractivity contribution in [1.29, 1.82) is 0 Å². The molecule has 0 saturated carbocycles. The molecule has 0 spiro atoms. The molecule has 1 amide bonds. The van der Waals surface area contributed by atoms with Crippen LogP contribution in [0.3, 0.4) is 0 Å². The summed E-state index contributed by atoms with van der Waals surface area (Å²) in [5.74, 6) is -1.01. The van der Waals surface area contributed by atoms with Gasteiger partial charge in [-0.15, -0.1) is 0 Å². The van der Waals surface area contributed by atoms with Crippen molar-refractivity contribution in [1.82, 2.24) is 5.32 Å². The number of halogens is 2. The first-order valence-electron chi connectivity index (χ1n) is 10.5. The van der Waals surface area contributed by atoms with Crippen LogP contribution in [0.25, 0.3) is 0 Å². The molecule has 1 aliphatic rings. The normalized spacial score (nSPS) is 13.7. The predicted molar refractivity (Wildman–Crippen MR) is 121 cm³/mol. The molecule has 0 aromatic heterocycles. The first kappa shape index (κ1) is 23.5. The number of rotatable bonds is 7. The van der Waals surface area contributed by atoms with Gasteiger partial charge in [-0.1, -0.05) is 18.2 Å². The van der Waals surface area contributed by atoms with Gasteiger partial charge < -0.3 is 14.8 Å². The molecule has 1 atom stereocenters. The summed E-state index contributed by atoms with van der Waals surface area (Å²) in [7, 11) is -4.28. The molecule has 1 unspecified atom stereocenters. The summed E-state index contributed by atoms with van der Waals surface area (Å²) >= 11 is 0. The maximum absolute atomic E-state index is 14.0. The zero-order chi connectivity index (χ0) is 24.3. The number of anilines is 1. The Hall–Kier alpha value is -3.66. The van der Waals surface area contributed by atoms with Gasteiger partial charge in [-0.2, -0.15) is 0 Å². The maximum Gasteiger partial charge on any atom is 0.264 e. The molecule has 34 heavy (non-hydrogen) atoms. The molecule has 1 heterocycles. The number of carbonyl (C=O) groups excluding carboxylic acids is 1. The van der Waals surface area contributed by atoms with Crippen LogP contribution in [-0.4, -0.2) is 34.1 Å². The van der Waals surface area contributed by atoms with Gasteiger partial charge >= 0.3 is 0 Å². The largest absolute Gasteiger partial charge is 0.486 e. The van der Waals surface area contributed by atoms with E-state index in [9.17, 15) is 22.0 Å². The number of carbonyl (C=O) groups is 1. The number of hydrogen-bond acceptors (Lipinski definition) is 5. The van der Waals surface area contributed by atoms with Crippen molar-refractivity contribution >= 4 is 21.6 Å². The number of ether oxygens (including phenoxy) is 2. The second-order valence-corrected chi connectivity index (χ2v) is 9.50. The quantitative estimate of drug-likeness (QED) is 0.547. The fourth-order valence-electron chi connectivity index (χ4n) is 3.51. The summed E-state index contributed by atoms with van der Waals surface area (Å²) in [4.78, 5) is 12.7. The molecule has 1 N–H and O–H groups in total. The van der Waals surface area contributed by atoms with Gasteiger partial charge in [0.05, 0.1) is 16.6 Å². The summed E-state index contributed by atoms with van der Waals surface area (Å²) in [6.45, 7) is 1.70. The third kappa shape index (κ3) is 5.12. The third-order valence-corrected chi connectivity index (χ3v) is 7.00. The van der Waals surface area contributed by atoms with Gasteiger partial charge in [0.2, 0.25) is 5.91 Å². The molecule has 0 fully saturated rings. The van der Waals surface area contributed by atoms with Crippen molar-refractivity contribution < 1.29 is 31.5 Å². The summed E-state index contributed by atoms with van der Waals surface area (Å²) in [5, 5.41) is 2.70. The number of fused-ring (bicyclic) bond motifs is 1. The van der Waals surface area contributed by atoms with Gasteiger partial charge in [0.15, 0.2) is 11.5 Å². The molecule has 3 aromatic carbocycles. The van der Waals surface area contributed by atoms with Crippen LogP contribution in [-0.2, 0) is 14.8 Å². The first-order valence-corrected chi connectivity index (χ1v) is 11.9. The lowest BCUT2D eigenvalue weighted by atomic mass is 10.1. The molecule has 3 aromatic rings. The fourth-order valence-corrected chi connectivity index (χ4v) is 4.94. The summed E-state index contributed by atoms with van der Waals surface area (Å²) in [6.07, 6.45) is 0. The van der Waals surface area contributed by atoms with E-state index in [1.165, 1.54) is 60.7 Å². The van der Waals surface area contributed by atoms with E-state index >= 15 is 0 Å². The van der Waals surface area contributed by atoms with Gasteiger partial charge in [-0.25, -0.2) is 17.2 Å². The molecule has 178 valence electrons. The van der Waals surface area contributed by atoms with Gasteiger partial charge in [0.25, 0.3) is 10.0 Å². The molecular formula is C24H22F2N2O5S. The van der Waals surface area contributed by atoms with E-state index < -0.39 is 40.2 Å². The fraction of sp³-hybridized carbons (Fsp3) is 0.208. The molecule has 10 heteroatoms. The van der Waals surface area contributed by atoms with Gasteiger partial charge in [-0.05, 0) is 55.0 Å². The van der Waals surface area contributed by atoms with E-state index in [-0.39, 0.29) is 22.9 Å². The zero-order valence-corrected chi connectivity index (χ0v) is 19.0. The molecule has 7 nitrogen and oxygen atoms in total. The minimum absolute atomic E-state index is 0.0144. The van der Waals surface area contributed by atoms with Crippen molar-refractivity contribution in [2.75, 3.05) is 24.1 Å². The van der Waals surface area contributed by atoms with E-state index in [2.05, 4.69) is 5.32 Å². The number of nitrogens with one attached hydrogen (secondary N) is 1. The number of nitrogens with zero attached hydrogens (tertiary/aromatic N) is 1. The highest BCUT2D eigenvalue weighted by Crippen LogP contribution is 2.34. The molecule has 4 rings (SSSR count). The highest BCUT2D eigenvalue weighted by molar-refractivity contribution is 7.92. The van der Waals surface area contributed by atoms with Crippen LogP contribution in [0.4, 0.5) is 14.5 Å². The highest BCUT2D eigenvalue weighted by atomic mass is 32.2. The van der Waals surface area contributed by atoms with E-state index in [4.69, 9.17) is 9.47 Å². The van der Waals surface area contributed by atoms with Crippen LogP contribution in [0.1, 0.15) is 18.5 Å². The predicted octanol–water partition coefficient (Wildman–Crippen LogP) is 3.81. The monoisotopic (exact) mass is 488 g/mol. The minimum atomic E-state index is -4.28. The average Bonchev–Trinajstić information content (AvgIpc) is 2.82. The number of sulfonamides is 1. The van der Waals surface area contributed by atoms with Crippen molar-refractivity contribution in [2.45, 2.75) is 17.9 Å². The lowest BCUT2D eigenvalue weighted by Crippen LogP contribution is -2.41. The minimum Gasteiger partial charge on any atom is -0.486 e. The Kier molecular flexibility index (Phi) is 6.69. The molecule has 0 bridgehead atoms. The molecule has 0 saturated heterocycles.